The fraction of sp³-hybridized carbons (Fsp3) is 0.700. The highest BCUT2D eigenvalue weighted by Gasteiger charge is 2.27. The Morgan fingerprint density at radius 1 is 1.15 bits per heavy atom. The highest BCUT2D eigenvalue weighted by Crippen LogP contribution is 2.27. The second-order valence-electron chi connectivity index (χ2n) is 7.42. The van der Waals surface area contributed by atoms with Crippen molar-refractivity contribution < 1.29 is 0 Å². The number of rotatable bonds is 6. The maximum atomic E-state index is 4.35. The van der Waals surface area contributed by atoms with Crippen molar-refractivity contribution in [3.8, 4) is 0 Å². The van der Waals surface area contributed by atoms with Crippen LogP contribution in [-0.4, -0.2) is 48.6 Å². The number of nitrogens with one attached hydrogen (secondary N) is 2. The van der Waals surface area contributed by atoms with E-state index < -0.39 is 0 Å². The molecule has 2 heterocycles. The molecular formula is C20H34IN5. The van der Waals surface area contributed by atoms with E-state index in [4.69, 9.17) is 0 Å². The molecule has 6 heteroatoms. The molecule has 1 atom stereocenters. The maximum Gasteiger partial charge on any atom is 0.191 e. The number of hydrogen-bond donors (Lipinski definition) is 2. The Balaban J connectivity index is 0.00000243. The van der Waals surface area contributed by atoms with E-state index in [1.807, 2.05) is 31.4 Å². The lowest BCUT2D eigenvalue weighted by molar-refractivity contribution is 0.188. The Kier molecular flexibility index (Phi) is 9.67. The van der Waals surface area contributed by atoms with E-state index in [-0.39, 0.29) is 24.0 Å². The van der Waals surface area contributed by atoms with Crippen molar-refractivity contribution >= 4 is 29.9 Å². The van der Waals surface area contributed by atoms with Gasteiger partial charge in [0.2, 0.25) is 0 Å². The van der Waals surface area contributed by atoms with Gasteiger partial charge in [-0.1, -0.05) is 25.3 Å². The van der Waals surface area contributed by atoms with Gasteiger partial charge in [0.05, 0.1) is 12.2 Å². The van der Waals surface area contributed by atoms with Gasteiger partial charge in [-0.2, -0.15) is 0 Å². The first-order chi connectivity index (χ1) is 12.3. The van der Waals surface area contributed by atoms with Crippen molar-refractivity contribution in [3.63, 3.8) is 0 Å². The van der Waals surface area contributed by atoms with Gasteiger partial charge in [-0.25, -0.2) is 0 Å². The van der Waals surface area contributed by atoms with Crippen molar-refractivity contribution in [2.45, 2.75) is 57.5 Å². The summed E-state index contributed by atoms with van der Waals surface area (Å²) >= 11 is 0. The Morgan fingerprint density at radius 2 is 2.00 bits per heavy atom. The summed E-state index contributed by atoms with van der Waals surface area (Å²) in [6, 6.07) is 6.64. The van der Waals surface area contributed by atoms with E-state index in [1.54, 1.807) is 0 Å². The smallest absolute Gasteiger partial charge is 0.191 e. The first-order valence-electron chi connectivity index (χ1n) is 9.93. The van der Waals surface area contributed by atoms with E-state index in [0.717, 1.165) is 24.1 Å². The molecule has 146 valence electrons. The molecule has 0 radical (unpaired) electrons. The second-order valence-corrected chi connectivity index (χ2v) is 7.42. The number of nitrogens with zero attached hydrogens (tertiary/aromatic N) is 3. The molecule has 2 aliphatic rings. The molecule has 5 nitrogen and oxygen atoms in total. The van der Waals surface area contributed by atoms with Crippen molar-refractivity contribution in [1.82, 2.24) is 20.5 Å². The topological polar surface area (TPSA) is 52.6 Å². The van der Waals surface area contributed by atoms with Crippen LogP contribution in [0.2, 0.25) is 0 Å². The number of pyridine rings is 1. The Bertz CT molecular complexity index is 530. The second kappa shape index (κ2) is 11.7. The zero-order valence-electron chi connectivity index (χ0n) is 16.0. The molecular weight excluding hydrogens is 437 g/mol. The molecule has 1 aliphatic heterocycles. The molecule has 1 unspecified atom stereocenters. The minimum absolute atomic E-state index is 0. The lowest BCUT2D eigenvalue weighted by Gasteiger charge is -2.31. The predicted octanol–water partition coefficient (Wildman–Crippen LogP) is 3.41. The predicted molar refractivity (Wildman–Crippen MR) is 119 cm³/mol. The summed E-state index contributed by atoms with van der Waals surface area (Å²) in [5.74, 6) is 1.80. The molecule has 1 aromatic rings. The van der Waals surface area contributed by atoms with E-state index in [0.29, 0.717) is 12.6 Å². The Morgan fingerprint density at radius 3 is 2.73 bits per heavy atom. The standard InChI is InChI=1S/C20H33N5.HI/c1-21-20(23-14-18-10-5-6-12-22-18)24-15-19-11-7-13-25(19)16-17-8-3-2-4-9-17;/h5-6,10,12,17,19H,2-4,7-9,11,13-16H2,1H3,(H2,21,23,24);1H. The van der Waals surface area contributed by atoms with Crippen LogP contribution >= 0.6 is 24.0 Å². The average Bonchev–Trinajstić information content (AvgIpc) is 3.10. The number of guanidine groups is 1. The zero-order valence-corrected chi connectivity index (χ0v) is 18.3. The first kappa shape index (κ1) is 21.4. The molecule has 3 rings (SSSR count). The number of halogens is 1. The molecule has 0 spiro atoms. The van der Waals surface area contributed by atoms with Crippen LogP contribution in [-0.2, 0) is 6.54 Å². The quantitative estimate of drug-likeness (QED) is 0.380. The van der Waals surface area contributed by atoms with Gasteiger partial charge in [0.25, 0.3) is 0 Å². The third-order valence-corrected chi connectivity index (χ3v) is 5.61. The fourth-order valence-corrected chi connectivity index (χ4v) is 4.18. The Labute approximate surface area is 175 Å². The van der Waals surface area contributed by atoms with Gasteiger partial charge in [0.1, 0.15) is 0 Å². The number of aromatic nitrogens is 1. The van der Waals surface area contributed by atoms with E-state index >= 15 is 0 Å². The van der Waals surface area contributed by atoms with Crippen LogP contribution in [0.15, 0.2) is 29.4 Å². The van der Waals surface area contributed by atoms with Crippen molar-refractivity contribution in [2.24, 2.45) is 10.9 Å². The van der Waals surface area contributed by atoms with Crippen LogP contribution in [0.5, 0.6) is 0 Å². The molecule has 26 heavy (non-hydrogen) atoms. The monoisotopic (exact) mass is 471 g/mol. The van der Waals surface area contributed by atoms with Crippen LogP contribution in [0.25, 0.3) is 0 Å². The van der Waals surface area contributed by atoms with Gasteiger partial charge in [-0.05, 0) is 50.3 Å². The lowest BCUT2D eigenvalue weighted by atomic mass is 9.89. The van der Waals surface area contributed by atoms with Crippen LogP contribution in [0, 0.1) is 5.92 Å². The minimum atomic E-state index is 0. The summed E-state index contributed by atoms with van der Waals surface area (Å²) in [7, 11) is 1.84. The molecule has 1 aromatic heterocycles. The number of hydrogen-bond acceptors (Lipinski definition) is 3. The molecule has 0 aromatic carbocycles. The van der Waals surface area contributed by atoms with Crippen molar-refractivity contribution in [2.75, 3.05) is 26.7 Å². The third-order valence-electron chi connectivity index (χ3n) is 5.61. The SMILES string of the molecule is CN=C(NCc1ccccn1)NCC1CCCN1CC1CCCCC1.I. The maximum absolute atomic E-state index is 4.35. The van der Waals surface area contributed by atoms with E-state index in [1.165, 1.54) is 58.0 Å². The molecule has 1 aliphatic carbocycles. The van der Waals surface area contributed by atoms with Crippen molar-refractivity contribution in [3.05, 3.63) is 30.1 Å². The highest BCUT2D eigenvalue weighted by atomic mass is 127. The highest BCUT2D eigenvalue weighted by molar-refractivity contribution is 14.0. The average molecular weight is 471 g/mol. The minimum Gasteiger partial charge on any atom is -0.355 e. The largest absolute Gasteiger partial charge is 0.355 e. The number of aliphatic imine (C=N–C) groups is 1. The van der Waals surface area contributed by atoms with Gasteiger partial charge in [0, 0.05) is 32.4 Å². The third kappa shape index (κ3) is 6.68. The van der Waals surface area contributed by atoms with Gasteiger partial charge in [-0.3, -0.25) is 14.9 Å². The summed E-state index contributed by atoms with van der Waals surface area (Å²) in [5, 5.41) is 6.88. The lowest BCUT2D eigenvalue weighted by Crippen LogP contribution is -2.45. The first-order valence-corrected chi connectivity index (χ1v) is 9.93. The van der Waals surface area contributed by atoms with Gasteiger partial charge < -0.3 is 10.6 Å². The zero-order chi connectivity index (χ0) is 17.3. The van der Waals surface area contributed by atoms with Gasteiger partial charge in [-0.15, -0.1) is 24.0 Å². The normalized spacial score (nSPS) is 22.0. The molecule has 0 amide bonds. The van der Waals surface area contributed by atoms with Gasteiger partial charge in [0.15, 0.2) is 5.96 Å². The van der Waals surface area contributed by atoms with Gasteiger partial charge >= 0.3 is 0 Å². The molecule has 1 saturated heterocycles. The molecule has 2 fully saturated rings. The van der Waals surface area contributed by atoms with E-state index in [9.17, 15) is 0 Å². The van der Waals surface area contributed by atoms with Crippen molar-refractivity contribution in [1.29, 1.82) is 0 Å². The summed E-state index contributed by atoms with van der Waals surface area (Å²) in [5.41, 5.74) is 1.03. The summed E-state index contributed by atoms with van der Waals surface area (Å²) in [4.78, 5) is 11.4. The summed E-state index contributed by atoms with van der Waals surface area (Å²) in [6.07, 6.45) is 11.6. The van der Waals surface area contributed by atoms with E-state index in [2.05, 4.69) is 25.5 Å². The summed E-state index contributed by atoms with van der Waals surface area (Å²) < 4.78 is 0. The van der Waals surface area contributed by atoms with Crippen LogP contribution in [0.3, 0.4) is 0 Å². The molecule has 2 N–H and O–H groups in total. The Hall–Kier alpha value is -0.890. The molecule has 1 saturated carbocycles. The summed E-state index contributed by atoms with van der Waals surface area (Å²) in [6.45, 7) is 4.25. The van der Waals surface area contributed by atoms with Crippen LogP contribution < -0.4 is 10.6 Å². The fourth-order valence-electron chi connectivity index (χ4n) is 4.18. The number of likely N-dealkylation sites (tertiary alicyclic amines) is 1. The van der Waals surface area contributed by atoms with Crippen LogP contribution in [0.4, 0.5) is 0 Å². The van der Waals surface area contributed by atoms with Crippen LogP contribution in [0.1, 0.15) is 50.6 Å². The molecule has 0 bridgehead atoms.